The average molecular weight is 405 g/mol. The molecule has 2 aromatic carbocycles. The van der Waals surface area contributed by atoms with Gasteiger partial charge in [-0.15, -0.1) is 0 Å². The van der Waals surface area contributed by atoms with E-state index in [2.05, 4.69) is 10.1 Å². The summed E-state index contributed by atoms with van der Waals surface area (Å²) >= 11 is 0. The number of hydrogen-bond donors (Lipinski definition) is 1. The van der Waals surface area contributed by atoms with Gasteiger partial charge < -0.3 is 10.1 Å². The summed E-state index contributed by atoms with van der Waals surface area (Å²) in [5, 5.41) is 2.59. The van der Waals surface area contributed by atoms with Crippen molar-refractivity contribution in [1.82, 2.24) is 5.32 Å². The third-order valence-electron chi connectivity index (χ3n) is 3.61. The minimum Gasteiger partial charge on any atom is -0.435 e. The van der Waals surface area contributed by atoms with Crippen LogP contribution < -0.4 is 10.1 Å². The maximum Gasteiger partial charge on any atom is 0.387 e. The topological polar surface area (TPSA) is 72.5 Å². The zero-order valence-corrected chi connectivity index (χ0v) is 14.7. The van der Waals surface area contributed by atoms with Gasteiger partial charge in [-0.2, -0.15) is 17.6 Å². The zero-order valence-electron chi connectivity index (χ0n) is 13.9. The Morgan fingerprint density at radius 3 is 2.22 bits per heavy atom. The highest BCUT2D eigenvalue weighted by Gasteiger charge is 2.26. The smallest absolute Gasteiger partial charge is 0.387 e. The summed E-state index contributed by atoms with van der Waals surface area (Å²) in [7, 11) is -4.74. The molecule has 2 aromatic rings. The van der Waals surface area contributed by atoms with Gasteiger partial charge in [0, 0.05) is 5.56 Å². The number of carbonyl (C=O) groups is 1. The first-order valence-corrected chi connectivity index (χ1v) is 9.13. The first kappa shape index (κ1) is 20.7. The molecule has 0 spiro atoms. The molecule has 1 amide bonds. The molecule has 5 nitrogen and oxygen atoms in total. The van der Waals surface area contributed by atoms with E-state index in [9.17, 15) is 30.8 Å². The molecule has 0 aliphatic rings. The van der Waals surface area contributed by atoms with E-state index in [1.807, 2.05) is 0 Å². The number of hydrogen-bond acceptors (Lipinski definition) is 4. The number of carbonyl (C=O) groups excluding carboxylic acids is 1. The number of rotatable bonds is 7. The highest BCUT2D eigenvalue weighted by Crippen LogP contribution is 2.22. The summed E-state index contributed by atoms with van der Waals surface area (Å²) in [6, 6.07) is 9.23. The van der Waals surface area contributed by atoms with Crippen LogP contribution in [-0.4, -0.2) is 26.7 Å². The number of benzene rings is 2. The van der Waals surface area contributed by atoms with Crippen molar-refractivity contribution >= 4 is 15.7 Å². The lowest BCUT2D eigenvalue weighted by atomic mass is 10.1. The molecule has 0 aliphatic heterocycles. The highest BCUT2D eigenvalue weighted by atomic mass is 32.2. The molecule has 0 aromatic heterocycles. The van der Waals surface area contributed by atoms with Gasteiger partial charge in [0.05, 0.1) is 10.9 Å². The summed E-state index contributed by atoms with van der Waals surface area (Å²) < 4.78 is 76.6. The molecular weight excluding hydrogens is 390 g/mol. The van der Waals surface area contributed by atoms with Crippen molar-refractivity contribution in [3.05, 3.63) is 59.7 Å². The lowest BCUT2D eigenvalue weighted by molar-refractivity contribution is -0.0499. The number of sulfone groups is 1. The van der Waals surface area contributed by atoms with Gasteiger partial charge in [-0.05, 0) is 48.9 Å². The molecule has 1 N–H and O–H groups in total. The Kier molecular flexibility index (Phi) is 6.42. The van der Waals surface area contributed by atoms with Gasteiger partial charge in [0.15, 0.2) is 0 Å². The predicted molar refractivity (Wildman–Crippen MR) is 88.6 cm³/mol. The molecule has 0 heterocycles. The molecular formula is C17H15F4NO4S. The third-order valence-corrected chi connectivity index (χ3v) is 5.01. The summed E-state index contributed by atoms with van der Waals surface area (Å²) in [4.78, 5) is 11.6. The Hall–Kier alpha value is -2.62. The molecule has 0 radical (unpaired) electrons. The lowest BCUT2D eigenvalue weighted by Crippen LogP contribution is -2.26. The standard InChI is InChI=1S/C17H15F4NO4S/c1-10(12-3-2-4-13(9-12)26-16(18)19)22-15(23)11-5-7-14(8-6-11)27(24,25)17(20)21/h2-10,16-17H,1H3,(H,22,23). The minimum absolute atomic E-state index is 0.0510. The van der Waals surface area contributed by atoms with Crippen molar-refractivity contribution in [2.45, 2.75) is 30.2 Å². The molecule has 1 unspecified atom stereocenters. The molecule has 10 heteroatoms. The Morgan fingerprint density at radius 2 is 1.67 bits per heavy atom. The largest absolute Gasteiger partial charge is 0.435 e. The maximum absolute atomic E-state index is 12.5. The second-order valence-corrected chi connectivity index (χ2v) is 7.39. The van der Waals surface area contributed by atoms with Crippen molar-refractivity contribution in [3.8, 4) is 5.75 Å². The summed E-state index contributed by atoms with van der Waals surface area (Å²) in [5.41, 5.74) is 0.549. The molecule has 146 valence electrons. The van der Waals surface area contributed by atoms with E-state index in [1.54, 1.807) is 13.0 Å². The van der Waals surface area contributed by atoms with E-state index >= 15 is 0 Å². The molecule has 27 heavy (non-hydrogen) atoms. The van der Waals surface area contributed by atoms with Crippen molar-refractivity contribution in [2.24, 2.45) is 0 Å². The van der Waals surface area contributed by atoms with Crippen LogP contribution in [0, 0.1) is 0 Å². The summed E-state index contributed by atoms with van der Waals surface area (Å²) in [6.07, 6.45) is 0. The predicted octanol–water partition coefficient (Wildman–Crippen LogP) is 3.78. The van der Waals surface area contributed by atoms with Gasteiger partial charge in [-0.1, -0.05) is 12.1 Å². The van der Waals surface area contributed by atoms with Crippen molar-refractivity contribution in [3.63, 3.8) is 0 Å². The second kappa shape index (κ2) is 8.38. The Balaban J connectivity index is 2.11. The second-order valence-electron chi connectivity index (χ2n) is 5.48. The van der Waals surface area contributed by atoms with Gasteiger partial charge in [0.25, 0.3) is 5.91 Å². The molecule has 2 rings (SSSR count). The minimum atomic E-state index is -4.74. The van der Waals surface area contributed by atoms with E-state index in [1.165, 1.54) is 18.2 Å². The fourth-order valence-corrected chi connectivity index (χ4v) is 2.94. The van der Waals surface area contributed by atoms with Gasteiger partial charge in [-0.25, -0.2) is 8.42 Å². The van der Waals surface area contributed by atoms with Crippen molar-refractivity contribution in [2.75, 3.05) is 0 Å². The fourth-order valence-electron chi connectivity index (χ4n) is 2.22. The van der Waals surface area contributed by atoms with E-state index in [-0.39, 0.29) is 11.3 Å². The molecule has 0 bridgehead atoms. The van der Waals surface area contributed by atoms with Crippen LogP contribution in [0.15, 0.2) is 53.4 Å². The first-order chi connectivity index (χ1) is 12.6. The SMILES string of the molecule is CC(NC(=O)c1ccc(S(=O)(=O)C(F)F)cc1)c1cccc(OC(F)F)c1. The Bertz CT molecular complexity index is 901. The number of ether oxygens (including phenoxy) is 1. The van der Waals surface area contributed by atoms with E-state index < -0.39 is 39.1 Å². The quantitative estimate of drug-likeness (QED) is 0.712. The highest BCUT2D eigenvalue weighted by molar-refractivity contribution is 7.91. The Morgan fingerprint density at radius 1 is 1.04 bits per heavy atom. The van der Waals surface area contributed by atoms with Crippen LogP contribution in [-0.2, 0) is 9.84 Å². The van der Waals surface area contributed by atoms with Gasteiger partial charge >= 0.3 is 12.4 Å². The van der Waals surface area contributed by atoms with Crippen LogP contribution in [0.5, 0.6) is 5.75 Å². The van der Waals surface area contributed by atoms with Gasteiger partial charge in [0.2, 0.25) is 9.84 Å². The van der Waals surface area contributed by atoms with Crippen LogP contribution in [0.2, 0.25) is 0 Å². The molecule has 0 aliphatic carbocycles. The number of halogens is 4. The van der Waals surface area contributed by atoms with Crippen LogP contribution in [0.3, 0.4) is 0 Å². The van der Waals surface area contributed by atoms with E-state index in [0.717, 1.165) is 24.3 Å². The van der Waals surface area contributed by atoms with E-state index in [0.29, 0.717) is 5.56 Å². The van der Waals surface area contributed by atoms with Crippen molar-refractivity contribution < 1.29 is 35.5 Å². The lowest BCUT2D eigenvalue weighted by Gasteiger charge is -2.16. The zero-order chi connectivity index (χ0) is 20.2. The third kappa shape index (κ3) is 5.19. The fraction of sp³-hybridized carbons (Fsp3) is 0.235. The normalized spacial score (nSPS) is 12.9. The Labute approximate surface area is 152 Å². The molecule has 0 fully saturated rings. The number of alkyl halides is 4. The van der Waals surface area contributed by atoms with Crippen molar-refractivity contribution in [1.29, 1.82) is 0 Å². The molecule has 0 saturated heterocycles. The summed E-state index contributed by atoms with van der Waals surface area (Å²) in [6.45, 7) is -1.37. The van der Waals surface area contributed by atoms with Crippen LogP contribution in [0.4, 0.5) is 17.6 Å². The van der Waals surface area contributed by atoms with Gasteiger partial charge in [-0.3, -0.25) is 4.79 Å². The number of nitrogens with one attached hydrogen (secondary N) is 1. The maximum atomic E-state index is 12.5. The monoisotopic (exact) mass is 405 g/mol. The number of amides is 1. The van der Waals surface area contributed by atoms with Gasteiger partial charge in [0.1, 0.15) is 5.75 Å². The van der Waals surface area contributed by atoms with E-state index in [4.69, 9.17) is 0 Å². The first-order valence-electron chi connectivity index (χ1n) is 7.59. The molecule has 1 atom stereocenters. The summed E-state index contributed by atoms with van der Waals surface area (Å²) in [5.74, 6) is -4.21. The average Bonchev–Trinajstić information content (AvgIpc) is 2.61. The molecule has 0 saturated carbocycles. The van der Waals surface area contributed by atoms with Crippen LogP contribution >= 0.6 is 0 Å². The van der Waals surface area contributed by atoms with Crippen LogP contribution in [0.25, 0.3) is 0 Å². The van der Waals surface area contributed by atoms with Crippen LogP contribution in [0.1, 0.15) is 28.9 Å².